The Morgan fingerprint density at radius 3 is 2.63 bits per heavy atom. The summed E-state index contributed by atoms with van der Waals surface area (Å²) in [6.45, 7) is 7.94. The van der Waals surface area contributed by atoms with Crippen LogP contribution in [0.2, 0.25) is 5.28 Å². The number of anilines is 2. The standard InChI is InChI=1S/C12H21ClN6/c1-4-19(5-2)12-16-10(13)15-11(17-12)14-9-6-7-18(3)8-9/h9H,4-8H2,1-3H3,(H,14,15,16,17). The second kappa shape index (κ2) is 6.34. The third-order valence-corrected chi connectivity index (χ3v) is 3.54. The first-order chi connectivity index (χ1) is 9.12. The van der Waals surface area contributed by atoms with Gasteiger partial charge in [0.2, 0.25) is 17.2 Å². The summed E-state index contributed by atoms with van der Waals surface area (Å²) in [6.07, 6.45) is 1.10. The summed E-state index contributed by atoms with van der Waals surface area (Å²) >= 11 is 5.98. The number of hydrogen-bond donors (Lipinski definition) is 1. The lowest BCUT2D eigenvalue weighted by molar-refractivity contribution is 0.414. The van der Waals surface area contributed by atoms with E-state index in [1.807, 2.05) is 0 Å². The highest BCUT2D eigenvalue weighted by Gasteiger charge is 2.20. The number of nitrogens with zero attached hydrogens (tertiary/aromatic N) is 5. The molecule has 1 fully saturated rings. The molecule has 0 spiro atoms. The van der Waals surface area contributed by atoms with Gasteiger partial charge in [-0.05, 0) is 45.5 Å². The first-order valence-electron chi connectivity index (χ1n) is 6.74. The van der Waals surface area contributed by atoms with Crippen LogP contribution >= 0.6 is 11.6 Å². The van der Waals surface area contributed by atoms with Gasteiger partial charge in [0.25, 0.3) is 0 Å². The highest BCUT2D eigenvalue weighted by molar-refractivity contribution is 6.28. The first-order valence-corrected chi connectivity index (χ1v) is 7.11. The van der Waals surface area contributed by atoms with Crippen LogP contribution in [0.25, 0.3) is 0 Å². The molecule has 19 heavy (non-hydrogen) atoms. The van der Waals surface area contributed by atoms with Crippen molar-refractivity contribution in [2.45, 2.75) is 26.3 Å². The third-order valence-electron chi connectivity index (χ3n) is 3.37. The number of aromatic nitrogens is 3. The highest BCUT2D eigenvalue weighted by Crippen LogP contribution is 2.16. The molecule has 1 saturated heterocycles. The maximum absolute atomic E-state index is 5.98. The Morgan fingerprint density at radius 1 is 1.32 bits per heavy atom. The van der Waals surface area contributed by atoms with E-state index in [-0.39, 0.29) is 5.28 Å². The van der Waals surface area contributed by atoms with Crippen LogP contribution < -0.4 is 10.2 Å². The Bertz CT molecular complexity index is 423. The second-order valence-corrected chi connectivity index (χ2v) is 5.13. The van der Waals surface area contributed by atoms with Crippen molar-refractivity contribution in [1.82, 2.24) is 19.9 Å². The first kappa shape index (κ1) is 14.3. The molecule has 106 valence electrons. The summed E-state index contributed by atoms with van der Waals surface area (Å²) in [5, 5.41) is 3.58. The molecule has 1 aliphatic rings. The number of likely N-dealkylation sites (N-methyl/N-ethyl adjacent to an activating group) is 1. The molecular weight excluding hydrogens is 264 g/mol. The van der Waals surface area contributed by atoms with E-state index in [1.54, 1.807) is 0 Å². The van der Waals surface area contributed by atoms with Crippen molar-refractivity contribution in [2.75, 3.05) is 43.4 Å². The SMILES string of the molecule is CCN(CC)c1nc(Cl)nc(NC2CCN(C)C2)n1. The van der Waals surface area contributed by atoms with Gasteiger partial charge in [0.1, 0.15) is 0 Å². The van der Waals surface area contributed by atoms with E-state index >= 15 is 0 Å². The van der Waals surface area contributed by atoms with Gasteiger partial charge >= 0.3 is 0 Å². The summed E-state index contributed by atoms with van der Waals surface area (Å²) in [5.74, 6) is 1.21. The molecule has 0 saturated carbocycles. The van der Waals surface area contributed by atoms with Crippen molar-refractivity contribution in [2.24, 2.45) is 0 Å². The molecule has 0 aliphatic carbocycles. The molecule has 1 aliphatic heterocycles. The van der Waals surface area contributed by atoms with Crippen molar-refractivity contribution in [3.63, 3.8) is 0 Å². The predicted octanol–water partition coefficient (Wildman–Crippen LogP) is 1.49. The molecule has 2 heterocycles. The van der Waals surface area contributed by atoms with Gasteiger partial charge in [-0.15, -0.1) is 0 Å². The highest BCUT2D eigenvalue weighted by atomic mass is 35.5. The van der Waals surface area contributed by atoms with Crippen LogP contribution in [0.3, 0.4) is 0 Å². The summed E-state index contributed by atoms with van der Waals surface area (Å²) in [7, 11) is 2.11. The summed E-state index contributed by atoms with van der Waals surface area (Å²) in [4.78, 5) is 17.1. The van der Waals surface area contributed by atoms with Crippen LogP contribution in [0.15, 0.2) is 0 Å². The van der Waals surface area contributed by atoms with E-state index in [2.05, 4.69) is 51.0 Å². The van der Waals surface area contributed by atoms with E-state index in [0.717, 1.165) is 32.6 Å². The Balaban J connectivity index is 2.12. The van der Waals surface area contributed by atoms with Crippen LogP contribution in [0.4, 0.5) is 11.9 Å². The molecular formula is C12H21ClN6. The topological polar surface area (TPSA) is 57.2 Å². The Hall–Kier alpha value is -1.14. The number of hydrogen-bond acceptors (Lipinski definition) is 6. The molecule has 1 aromatic rings. The molecule has 0 amide bonds. The lowest BCUT2D eigenvalue weighted by atomic mass is 10.3. The molecule has 1 aromatic heterocycles. The molecule has 6 nitrogen and oxygen atoms in total. The quantitative estimate of drug-likeness (QED) is 0.884. The average Bonchev–Trinajstić information content (AvgIpc) is 2.75. The smallest absolute Gasteiger partial charge is 0.231 e. The lowest BCUT2D eigenvalue weighted by Crippen LogP contribution is -2.27. The van der Waals surface area contributed by atoms with Crippen LogP contribution in [0, 0.1) is 0 Å². The second-order valence-electron chi connectivity index (χ2n) is 4.79. The van der Waals surface area contributed by atoms with Gasteiger partial charge in [-0.25, -0.2) is 0 Å². The maximum atomic E-state index is 5.98. The van der Waals surface area contributed by atoms with Crippen LogP contribution in [0.5, 0.6) is 0 Å². The number of nitrogens with one attached hydrogen (secondary N) is 1. The molecule has 0 radical (unpaired) electrons. The van der Waals surface area contributed by atoms with Gasteiger partial charge in [-0.2, -0.15) is 15.0 Å². The van der Waals surface area contributed by atoms with E-state index in [9.17, 15) is 0 Å². The van der Waals surface area contributed by atoms with E-state index in [1.165, 1.54) is 0 Å². The minimum atomic E-state index is 0.241. The van der Waals surface area contributed by atoms with Crippen molar-refractivity contribution in [3.05, 3.63) is 5.28 Å². The van der Waals surface area contributed by atoms with Gasteiger partial charge in [0.15, 0.2) is 0 Å². The fourth-order valence-corrected chi connectivity index (χ4v) is 2.44. The van der Waals surface area contributed by atoms with Gasteiger partial charge < -0.3 is 15.1 Å². The lowest BCUT2D eigenvalue weighted by Gasteiger charge is -2.19. The summed E-state index contributed by atoms with van der Waals surface area (Å²) in [6, 6.07) is 0.382. The maximum Gasteiger partial charge on any atom is 0.231 e. The summed E-state index contributed by atoms with van der Waals surface area (Å²) in [5.41, 5.74) is 0. The van der Waals surface area contributed by atoms with Gasteiger partial charge in [-0.3, -0.25) is 0 Å². The minimum Gasteiger partial charge on any atom is -0.350 e. The molecule has 1 N–H and O–H groups in total. The molecule has 7 heteroatoms. The van der Waals surface area contributed by atoms with E-state index in [0.29, 0.717) is 17.9 Å². The Kier molecular flexibility index (Phi) is 4.76. The average molecular weight is 285 g/mol. The normalized spacial score (nSPS) is 19.7. The molecule has 2 rings (SSSR count). The number of halogens is 1. The van der Waals surface area contributed by atoms with Crippen LogP contribution in [-0.2, 0) is 0 Å². The largest absolute Gasteiger partial charge is 0.350 e. The third kappa shape index (κ3) is 3.67. The predicted molar refractivity (Wildman–Crippen MR) is 77.9 cm³/mol. The fraction of sp³-hybridized carbons (Fsp3) is 0.750. The molecule has 0 aromatic carbocycles. The van der Waals surface area contributed by atoms with Gasteiger partial charge in [0.05, 0.1) is 0 Å². The monoisotopic (exact) mass is 284 g/mol. The zero-order valence-electron chi connectivity index (χ0n) is 11.7. The minimum absolute atomic E-state index is 0.241. The van der Waals surface area contributed by atoms with E-state index in [4.69, 9.17) is 11.6 Å². The zero-order chi connectivity index (χ0) is 13.8. The number of likely N-dealkylation sites (tertiary alicyclic amines) is 1. The van der Waals surface area contributed by atoms with Crippen molar-refractivity contribution in [1.29, 1.82) is 0 Å². The zero-order valence-corrected chi connectivity index (χ0v) is 12.5. The summed E-state index contributed by atoms with van der Waals surface area (Å²) < 4.78 is 0. The van der Waals surface area contributed by atoms with Crippen molar-refractivity contribution < 1.29 is 0 Å². The molecule has 1 unspecified atom stereocenters. The fourth-order valence-electron chi connectivity index (χ4n) is 2.29. The van der Waals surface area contributed by atoms with Crippen LogP contribution in [0.1, 0.15) is 20.3 Å². The van der Waals surface area contributed by atoms with Gasteiger partial charge in [-0.1, -0.05) is 0 Å². The molecule has 1 atom stereocenters. The van der Waals surface area contributed by atoms with E-state index < -0.39 is 0 Å². The van der Waals surface area contributed by atoms with Crippen LogP contribution in [-0.4, -0.2) is 59.1 Å². The Morgan fingerprint density at radius 2 is 2.05 bits per heavy atom. The van der Waals surface area contributed by atoms with Gasteiger partial charge in [0, 0.05) is 25.7 Å². The molecule has 0 bridgehead atoms. The number of rotatable bonds is 5. The van der Waals surface area contributed by atoms with Crippen molar-refractivity contribution in [3.8, 4) is 0 Å². The van der Waals surface area contributed by atoms with Crippen molar-refractivity contribution >= 4 is 23.5 Å². The Labute approximate surface area is 119 Å².